The number of ether oxygens (including phenoxy) is 1. The van der Waals surface area contributed by atoms with E-state index in [1.807, 2.05) is 6.92 Å². The van der Waals surface area contributed by atoms with Crippen LogP contribution in [-0.4, -0.2) is 36.0 Å². The fourth-order valence-electron chi connectivity index (χ4n) is 1.87. The van der Waals surface area contributed by atoms with Gasteiger partial charge in [-0.05, 0) is 25.3 Å². The van der Waals surface area contributed by atoms with Gasteiger partial charge in [0.25, 0.3) is 0 Å². The van der Waals surface area contributed by atoms with Gasteiger partial charge in [0.15, 0.2) is 0 Å². The van der Waals surface area contributed by atoms with Gasteiger partial charge in [-0.2, -0.15) is 0 Å². The van der Waals surface area contributed by atoms with Crippen LogP contribution in [0.1, 0.15) is 20.3 Å². The van der Waals surface area contributed by atoms with Crippen molar-refractivity contribution in [2.45, 2.75) is 26.3 Å². The first-order valence-corrected chi connectivity index (χ1v) is 5.19. The minimum absolute atomic E-state index is 0.197. The number of hydrogen-bond donors (Lipinski definition) is 0. The molecule has 1 heterocycles. The van der Waals surface area contributed by atoms with E-state index in [1.54, 1.807) is 6.92 Å². The largest absolute Gasteiger partial charge is 0.464 e. The zero-order valence-electron chi connectivity index (χ0n) is 9.23. The number of hydrogen-bond acceptors (Lipinski definition) is 3. The van der Waals surface area contributed by atoms with Crippen LogP contribution in [-0.2, 0) is 14.3 Å². The van der Waals surface area contributed by atoms with Crippen LogP contribution in [0.4, 0.5) is 0 Å². The second-order valence-corrected chi connectivity index (χ2v) is 3.80. The van der Waals surface area contributed by atoms with Crippen LogP contribution in [0.5, 0.6) is 0 Å². The van der Waals surface area contributed by atoms with Crippen LogP contribution in [0.2, 0.25) is 0 Å². The molecule has 0 aromatic rings. The molecule has 0 N–H and O–H groups in total. The molecular formula is C11H17NO3. The molecule has 4 heteroatoms. The fraction of sp³-hybridized carbons (Fsp3) is 0.636. The zero-order valence-corrected chi connectivity index (χ0v) is 9.23. The molecule has 0 aromatic heterocycles. The number of likely N-dealkylation sites (tertiary alicyclic amines) is 1. The third-order valence-electron chi connectivity index (χ3n) is 2.53. The molecule has 0 saturated carbocycles. The van der Waals surface area contributed by atoms with Gasteiger partial charge in [0.2, 0.25) is 5.91 Å². The summed E-state index contributed by atoms with van der Waals surface area (Å²) >= 11 is 0. The van der Waals surface area contributed by atoms with Crippen molar-refractivity contribution in [1.29, 1.82) is 0 Å². The third kappa shape index (κ3) is 2.58. The Morgan fingerprint density at radius 1 is 1.60 bits per heavy atom. The molecule has 0 radical (unpaired) electrons. The lowest BCUT2D eigenvalue weighted by atomic mass is 10.1. The summed E-state index contributed by atoms with van der Waals surface area (Å²) in [7, 11) is 0. The van der Waals surface area contributed by atoms with Gasteiger partial charge in [-0.15, -0.1) is 0 Å². The molecule has 0 aromatic carbocycles. The Hall–Kier alpha value is -1.32. The number of esters is 1. The average Bonchev–Trinajstić information content (AvgIpc) is 2.59. The molecular weight excluding hydrogens is 194 g/mol. The van der Waals surface area contributed by atoms with Gasteiger partial charge >= 0.3 is 5.97 Å². The predicted octanol–water partition coefficient (Wildman–Crippen LogP) is 0.972. The Morgan fingerprint density at radius 2 is 2.27 bits per heavy atom. The number of carbonyl (C=O) groups is 2. The molecule has 84 valence electrons. The molecule has 1 saturated heterocycles. The van der Waals surface area contributed by atoms with E-state index >= 15 is 0 Å². The zero-order chi connectivity index (χ0) is 11.4. The lowest BCUT2D eigenvalue weighted by Crippen LogP contribution is -2.40. The van der Waals surface area contributed by atoms with Crippen molar-refractivity contribution >= 4 is 11.9 Å². The summed E-state index contributed by atoms with van der Waals surface area (Å²) in [6.45, 7) is 8.16. The summed E-state index contributed by atoms with van der Waals surface area (Å²) in [4.78, 5) is 24.6. The van der Waals surface area contributed by atoms with Crippen molar-refractivity contribution in [3.8, 4) is 0 Å². The van der Waals surface area contributed by atoms with Crippen LogP contribution in [0.15, 0.2) is 12.7 Å². The summed E-state index contributed by atoms with van der Waals surface area (Å²) in [6, 6.07) is -0.426. The van der Waals surface area contributed by atoms with E-state index in [2.05, 4.69) is 6.58 Å². The minimum Gasteiger partial charge on any atom is -0.464 e. The maximum absolute atomic E-state index is 11.6. The van der Waals surface area contributed by atoms with E-state index in [1.165, 1.54) is 11.0 Å². The van der Waals surface area contributed by atoms with E-state index in [4.69, 9.17) is 4.74 Å². The standard InChI is InChI=1S/C11H17NO3/c1-4-10(13)12-7-8(3)6-9(12)11(14)15-5-2/h4,8-9H,1,5-7H2,2-3H3/t8-,9?/m0/s1. The van der Waals surface area contributed by atoms with Gasteiger partial charge in [0, 0.05) is 6.54 Å². The summed E-state index contributed by atoms with van der Waals surface area (Å²) < 4.78 is 4.93. The second-order valence-electron chi connectivity index (χ2n) is 3.80. The summed E-state index contributed by atoms with van der Waals surface area (Å²) in [5, 5.41) is 0. The first-order valence-electron chi connectivity index (χ1n) is 5.19. The van der Waals surface area contributed by atoms with E-state index in [0.717, 1.165) is 0 Å². The molecule has 1 aliphatic heterocycles. The third-order valence-corrected chi connectivity index (χ3v) is 2.53. The van der Waals surface area contributed by atoms with E-state index in [-0.39, 0.29) is 11.9 Å². The summed E-state index contributed by atoms with van der Waals surface area (Å²) in [5.74, 6) is -0.169. The quantitative estimate of drug-likeness (QED) is 0.516. The molecule has 1 unspecified atom stereocenters. The SMILES string of the molecule is C=CC(=O)N1C[C@@H](C)CC1C(=O)OCC. The molecule has 1 fully saturated rings. The Kier molecular flexibility index (Phi) is 3.88. The van der Waals surface area contributed by atoms with Crippen molar-refractivity contribution in [2.75, 3.05) is 13.2 Å². The van der Waals surface area contributed by atoms with Crippen molar-refractivity contribution in [3.05, 3.63) is 12.7 Å². The highest BCUT2D eigenvalue weighted by Crippen LogP contribution is 2.23. The van der Waals surface area contributed by atoms with Gasteiger partial charge in [-0.3, -0.25) is 4.79 Å². The number of nitrogens with zero attached hydrogens (tertiary/aromatic N) is 1. The Labute approximate surface area is 89.9 Å². The number of rotatable bonds is 3. The molecule has 15 heavy (non-hydrogen) atoms. The molecule has 0 bridgehead atoms. The van der Waals surface area contributed by atoms with Crippen LogP contribution < -0.4 is 0 Å². The maximum Gasteiger partial charge on any atom is 0.328 e. The van der Waals surface area contributed by atoms with Crippen LogP contribution in [0.25, 0.3) is 0 Å². The van der Waals surface area contributed by atoms with E-state index in [0.29, 0.717) is 25.5 Å². The van der Waals surface area contributed by atoms with Crippen molar-refractivity contribution in [1.82, 2.24) is 4.90 Å². The molecule has 1 rings (SSSR count). The van der Waals surface area contributed by atoms with Crippen molar-refractivity contribution in [3.63, 3.8) is 0 Å². The van der Waals surface area contributed by atoms with Gasteiger partial charge in [-0.1, -0.05) is 13.5 Å². The summed E-state index contributed by atoms with van der Waals surface area (Å²) in [5.41, 5.74) is 0. The minimum atomic E-state index is -0.426. The van der Waals surface area contributed by atoms with Crippen LogP contribution >= 0.6 is 0 Å². The molecule has 1 amide bonds. The van der Waals surface area contributed by atoms with Crippen LogP contribution in [0, 0.1) is 5.92 Å². The smallest absolute Gasteiger partial charge is 0.328 e. The Bertz CT molecular complexity index is 275. The fourth-order valence-corrected chi connectivity index (χ4v) is 1.87. The Morgan fingerprint density at radius 3 is 2.80 bits per heavy atom. The highest BCUT2D eigenvalue weighted by Gasteiger charge is 2.37. The lowest BCUT2D eigenvalue weighted by Gasteiger charge is -2.21. The molecule has 2 atom stereocenters. The van der Waals surface area contributed by atoms with E-state index < -0.39 is 6.04 Å². The highest BCUT2D eigenvalue weighted by atomic mass is 16.5. The van der Waals surface area contributed by atoms with Crippen molar-refractivity contribution in [2.24, 2.45) is 5.92 Å². The monoisotopic (exact) mass is 211 g/mol. The summed E-state index contributed by atoms with van der Waals surface area (Å²) in [6.07, 6.45) is 1.92. The van der Waals surface area contributed by atoms with Gasteiger partial charge < -0.3 is 9.64 Å². The van der Waals surface area contributed by atoms with Crippen LogP contribution in [0.3, 0.4) is 0 Å². The molecule has 0 spiro atoms. The topological polar surface area (TPSA) is 46.6 Å². The van der Waals surface area contributed by atoms with Gasteiger partial charge in [0.05, 0.1) is 6.61 Å². The average molecular weight is 211 g/mol. The molecule has 4 nitrogen and oxygen atoms in total. The highest BCUT2D eigenvalue weighted by molar-refractivity contribution is 5.91. The first kappa shape index (κ1) is 11.8. The molecule has 0 aliphatic carbocycles. The first-order chi connectivity index (χ1) is 7.10. The molecule has 1 aliphatic rings. The van der Waals surface area contributed by atoms with E-state index in [9.17, 15) is 9.59 Å². The maximum atomic E-state index is 11.6. The van der Waals surface area contributed by atoms with Gasteiger partial charge in [0.1, 0.15) is 6.04 Å². The lowest BCUT2D eigenvalue weighted by molar-refractivity contribution is -0.151. The van der Waals surface area contributed by atoms with Gasteiger partial charge in [-0.25, -0.2) is 4.79 Å². The number of amides is 1. The predicted molar refractivity (Wildman–Crippen MR) is 56.1 cm³/mol. The second kappa shape index (κ2) is 4.96. The number of carbonyl (C=O) groups excluding carboxylic acids is 2. The Balaban J connectivity index is 2.72. The van der Waals surface area contributed by atoms with Crippen molar-refractivity contribution < 1.29 is 14.3 Å². The normalized spacial score (nSPS) is 25.1.